The Morgan fingerprint density at radius 3 is 2.38 bits per heavy atom. The Hall–Kier alpha value is -1.06. The van der Waals surface area contributed by atoms with Crippen LogP contribution >= 0.6 is 34.8 Å². The molecule has 1 fully saturated rings. The van der Waals surface area contributed by atoms with Gasteiger partial charge in [-0.1, -0.05) is 74.6 Å². The monoisotopic (exact) mass is 540 g/mol. The molecule has 3 atom stereocenters. The number of nitrogens with zero attached hydrogens (tertiary/aromatic N) is 2. The third kappa shape index (κ3) is 10.3. The summed E-state index contributed by atoms with van der Waals surface area (Å²) in [4.78, 5) is 40.5. The van der Waals surface area contributed by atoms with E-state index in [-0.39, 0.29) is 29.8 Å². The van der Waals surface area contributed by atoms with Gasteiger partial charge in [-0.2, -0.15) is 0 Å². The van der Waals surface area contributed by atoms with Crippen LogP contribution in [-0.4, -0.2) is 76.4 Å². The van der Waals surface area contributed by atoms with E-state index < -0.39 is 27.9 Å². The lowest BCUT2D eigenvalue weighted by molar-refractivity contribution is -0.153. The molecule has 8 nitrogen and oxygen atoms in total. The first-order valence-corrected chi connectivity index (χ1v) is 12.7. The Labute approximate surface area is 218 Å². The number of halogens is 3. The molecule has 0 bridgehead atoms. The van der Waals surface area contributed by atoms with Gasteiger partial charge in [0, 0.05) is 13.1 Å². The smallest absolute Gasteiger partial charge is 0.325 e. The lowest BCUT2D eigenvalue weighted by Gasteiger charge is -2.37. The fourth-order valence-corrected chi connectivity index (χ4v) is 4.38. The van der Waals surface area contributed by atoms with Gasteiger partial charge < -0.3 is 10.1 Å². The van der Waals surface area contributed by atoms with Crippen molar-refractivity contribution in [3.8, 4) is 0 Å². The van der Waals surface area contributed by atoms with Crippen LogP contribution in [0.25, 0.3) is 0 Å². The van der Waals surface area contributed by atoms with Gasteiger partial charge in [0.05, 0.1) is 6.04 Å². The van der Waals surface area contributed by atoms with E-state index in [1.165, 1.54) is 5.01 Å². The molecular formula is C23H39Cl3N4O4. The third-order valence-electron chi connectivity index (χ3n) is 5.49. The SMILES string of the molecule is C/C=C/C(C)(C)CN(C)[C@H](C(=O)N[C@@H](C)C(=O)N1CCC[C@@H](C(=O)OCC(Cl)(Cl)Cl)N1)C(C)C. The Morgan fingerprint density at radius 2 is 1.85 bits per heavy atom. The van der Waals surface area contributed by atoms with E-state index in [2.05, 4.69) is 30.7 Å². The van der Waals surface area contributed by atoms with Crippen molar-refractivity contribution in [2.24, 2.45) is 11.3 Å². The molecule has 0 unspecified atom stereocenters. The molecular weight excluding hydrogens is 503 g/mol. The van der Waals surface area contributed by atoms with Crippen LogP contribution in [0.3, 0.4) is 0 Å². The Balaban J connectivity index is 2.77. The fraction of sp³-hybridized carbons (Fsp3) is 0.783. The van der Waals surface area contributed by atoms with Gasteiger partial charge in [-0.3, -0.25) is 24.3 Å². The summed E-state index contributed by atoms with van der Waals surface area (Å²) in [5, 5.41) is 4.19. The number of amides is 2. The van der Waals surface area contributed by atoms with Crippen molar-refractivity contribution in [1.29, 1.82) is 0 Å². The number of carbonyl (C=O) groups excluding carboxylic acids is 3. The summed E-state index contributed by atoms with van der Waals surface area (Å²) in [7, 11) is 1.92. The molecule has 34 heavy (non-hydrogen) atoms. The first-order chi connectivity index (χ1) is 15.6. The van der Waals surface area contributed by atoms with Gasteiger partial charge in [0.1, 0.15) is 18.7 Å². The Morgan fingerprint density at radius 1 is 1.24 bits per heavy atom. The lowest BCUT2D eigenvalue weighted by atomic mass is 9.90. The number of likely N-dealkylation sites (N-methyl/N-ethyl adjacent to an activating group) is 1. The number of esters is 1. The molecule has 1 aliphatic heterocycles. The highest BCUT2D eigenvalue weighted by Gasteiger charge is 2.35. The average Bonchev–Trinajstić information content (AvgIpc) is 2.70. The summed E-state index contributed by atoms with van der Waals surface area (Å²) in [5.74, 6) is -1.12. The van der Waals surface area contributed by atoms with Crippen LogP contribution in [0.5, 0.6) is 0 Å². The molecule has 1 heterocycles. The van der Waals surface area contributed by atoms with Crippen LogP contribution < -0.4 is 10.7 Å². The van der Waals surface area contributed by atoms with Crippen molar-refractivity contribution in [2.75, 3.05) is 26.7 Å². The summed E-state index contributed by atoms with van der Waals surface area (Å²) in [6, 6.07) is -1.93. The van der Waals surface area contributed by atoms with E-state index in [1.54, 1.807) is 6.92 Å². The third-order valence-corrected chi connectivity index (χ3v) is 5.82. The molecule has 11 heteroatoms. The fourth-order valence-electron chi connectivity index (χ4n) is 4.22. The second-order valence-electron chi connectivity index (χ2n) is 9.86. The van der Waals surface area contributed by atoms with Gasteiger partial charge >= 0.3 is 5.97 Å². The van der Waals surface area contributed by atoms with E-state index in [4.69, 9.17) is 39.5 Å². The number of carbonyl (C=O) groups is 3. The van der Waals surface area contributed by atoms with E-state index in [1.807, 2.05) is 38.8 Å². The van der Waals surface area contributed by atoms with Crippen molar-refractivity contribution >= 4 is 52.6 Å². The molecule has 0 saturated carbocycles. The Bertz CT molecular complexity index is 740. The predicted octanol–water partition coefficient (Wildman–Crippen LogP) is 3.46. The van der Waals surface area contributed by atoms with Crippen molar-refractivity contribution < 1.29 is 19.1 Å². The quantitative estimate of drug-likeness (QED) is 0.250. The van der Waals surface area contributed by atoms with Gasteiger partial charge in [0.25, 0.3) is 5.91 Å². The molecule has 0 spiro atoms. The first-order valence-electron chi connectivity index (χ1n) is 11.5. The molecule has 196 valence electrons. The second kappa shape index (κ2) is 13.3. The number of hydrazine groups is 1. The van der Waals surface area contributed by atoms with Crippen molar-refractivity contribution in [3.63, 3.8) is 0 Å². The number of rotatable bonds is 10. The summed E-state index contributed by atoms with van der Waals surface area (Å²) in [6.07, 6.45) is 5.18. The molecule has 0 aromatic carbocycles. The maximum Gasteiger partial charge on any atom is 0.325 e. The maximum atomic E-state index is 13.1. The molecule has 2 N–H and O–H groups in total. The number of hydrogen-bond donors (Lipinski definition) is 2. The van der Waals surface area contributed by atoms with E-state index >= 15 is 0 Å². The first kappa shape index (κ1) is 31.0. The topological polar surface area (TPSA) is 91.0 Å². The largest absolute Gasteiger partial charge is 0.460 e. The van der Waals surface area contributed by atoms with Gasteiger partial charge in [-0.15, -0.1) is 0 Å². The van der Waals surface area contributed by atoms with Crippen LogP contribution in [0.4, 0.5) is 0 Å². The molecule has 1 aliphatic rings. The van der Waals surface area contributed by atoms with Gasteiger partial charge in [-0.05, 0) is 45.1 Å². The molecule has 2 amide bonds. The van der Waals surface area contributed by atoms with Crippen LogP contribution in [0.2, 0.25) is 0 Å². The van der Waals surface area contributed by atoms with Gasteiger partial charge in [-0.25, -0.2) is 5.43 Å². The van der Waals surface area contributed by atoms with Crippen molar-refractivity contribution in [2.45, 2.75) is 76.3 Å². The van der Waals surface area contributed by atoms with Crippen molar-refractivity contribution in [1.82, 2.24) is 20.7 Å². The molecule has 1 rings (SSSR count). The minimum atomic E-state index is -1.71. The molecule has 0 aromatic rings. The standard InChI is InChI=1S/C23H39Cl3N4O4/c1-8-11-22(5,6)13-29(7)18(15(2)3)19(31)27-16(4)20(32)30-12-9-10-17(28-30)21(33)34-14-23(24,25)26/h8,11,15-18,28H,9-10,12-14H2,1-7H3,(H,27,31)/b11-8+/t16-,17-,18-/m0/s1. The number of allylic oxidation sites excluding steroid dienone is 1. The number of alkyl halides is 3. The van der Waals surface area contributed by atoms with Crippen LogP contribution in [0.1, 0.15) is 54.4 Å². The minimum Gasteiger partial charge on any atom is -0.460 e. The lowest BCUT2D eigenvalue weighted by Crippen LogP contribution is -2.61. The molecule has 0 aromatic heterocycles. The van der Waals surface area contributed by atoms with Crippen LogP contribution in [0.15, 0.2) is 12.2 Å². The molecule has 1 saturated heterocycles. The minimum absolute atomic E-state index is 0.0406. The molecule has 0 aliphatic carbocycles. The van der Waals surface area contributed by atoms with E-state index in [0.29, 0.717) is 25.9 Å². The Kier molecular flexibility index (Phi) is 12.1. The highest BCUT2D eigenvalue weighted by Crippen LogP contribution is 2.26. The number of nitrogens with one attached hydrogen (secondary N) is 2. The van der Waals surface area contributed by atoms with Gasteiger partial charge in [0.2, 0.25) is 9.70 Å². The maximum absolute atomic E-state index is 13.1. The zero-order valence-corrected chi connectivity index (χ0v) is 23.4. The molecule has 0 radical (unpaired) electrons. The van der Waals surface area contributed by atoms with Crippen LogP contribution in [-0.2, 0) is 19.1 Å². The van der Waals surface area contributed by atoms with Crippen LogP contribution in [0, 0.1) is 11.3 Å². The number of ether oxygens (including phenoxy) is 1. The highest BCUT2D eigenvalue weighted by atomic mass is 35.6. The second-order valence-corrected chi connectivity index (χ2v) is 12.4. The average molecular weight is 542 g/mol. The van der Waals surface area contributed by atoms with Crippen molar-refractivity contribution in [3.05, 3.63) is 12.2 Å². The summed E-state index contributed by atoms with van der Waals surface area (Å²) >= 11 is 16.9. The van der Waals surface area contributed by atoms with E-state index in [9.17, 15) is 14.4 Å². The summed E-state index contributed by atoms with van der Waals surface area (Å²) in [5.41, 5.74) is 2.77. The summed E-state index contributed by atoms with van der Waals surface area (Å²) < 4.78 is 3.32. The zero-order chi connectivity index (χ0) is 26.3. The van der Waals surface area contributed by atoms with E-state index in [0.717, 1.165) is 0 Å². The predicted molar refractivity (Wildman–Crippen MR) is 137 cm³/mol. The number of hydrogen-bond acceptors (Lipinski definition) is 6. The zero-order valence-electron chi connectivity index (χ0n) is 21.2. The highest BCUT2D eigenvalue weighted by molar-refractivity contribution is 6.67. The normalized spacial score (nSPS) is 19.4. The summed E-state index contributed by atoms with van der Waals surface area (Å²) in [6.45, 7) is 12.5. The van der Waals surface area contributed by atoms with Gasteiger partial charge in [0.15, 0.2) is 0 Å².